The summed E-state index contributed by atoms with van der Waals surface area (Å²) in [6, 6.07) is 5.38. The molecule has 110 valence electrons. The Hall–Kier alpha value is -2.63. The predicted molar refractivity (Wildman–Crippen MR) is 76.2 cm³/mol. The third-order valence-corrected chi connectivity index (χ3v) is 3.16. The highest BCUT2D eigenvalue weighted by molar-refractivity contribution is 6.12. The first-order valence-corrected chi connectivity index (χ1v) is 6.41. The quantitative estimate of drug-likeness (QED) is 0.819. The second kappa shape index (κ2) is 5.78. The molecule has 0 radical (unpaired) electrons. The molecule has 6 heteroatoms. The van der Waals surface area contributed by atoms with Crippen LogP contribution in [0, 0.1) is 6.92 Å². The fraction of sp³-hybridized carbons (Fsp3) is 0.267. The number of hydrogen-bond donors (Lipinski definition) is 1. The molecule has 6 nitrogen and oxygen atoms in total. The number of benzene rings is 1. The summed E-state index contributed by atoms with van der Waals surface area (Å²) < 4.78 is 5.17. The zero-order chi connectivity index (χ0) is 15.6. The van der Waals surface area contributed by atoms with E-state index in [1.54, 1.807) is 25.3 Å². The average molecular weight is 288 g/mol. The van der Waals surface area contributed by atoms with Gasteiger partial charge in [-0.3, -0.25) is 19.3 Å². The topological polar surface area (TPSA) is 75.7 Å². The Morgan fingerprint density at radius 3 is 2.67 bits per heavy atom. The van der Waals surface area contributed by atoms with Gasteiger partial charge in [0.05, 0.1) is 7.11 Å². The van der Waals surface area contributed by atoms with Gasteiger partial charge in [-0.05, 0) is 36.3 Å². The minimum absolute atomic E-state index is 0.0889. The summed E-state index contributed by atoms with van der Waals surface area (Å²) in [4.78, 5) is 36.0. The highest BCUT2D eigenvalue weighted by atomic mass is 16.5. The average Bonchev–Trinajstić information content (AvgIpc) is 2.42. The molecule has 1 saturated heterocycles. The Labute approximate surface area is 122 Å². The van der Waals surface area contributed by atoms with Crippen molar-refractivity contribution in [3.8, 4) is 5.75 Å². The maximum absolute atomic E-state index is 12.1. The number of carbonyl (C=O) groups excluding carboxylic acids is 3. The summed E-state index contributed by atoms with van der Waals surface area (Å²) in [5, 5.41) is 2.50. The van der Waals surface area contributed by atoms with E-state index in [0.29, 0.717) is 0 Å². The van der Waals surface area contributed by atoms with Crippen molar-refractivity contribution in [3.05, 3.63) is 35.0 Å². The van der Waals surface area contributed by atoms with Gasteiger partial charge in [0.1, 0.15) is 18.0 Å². The first kappa shape index (κ1) is 14.8. The molecule has 0 aromatic heterocycles. The third-order valence-electron chi connectivity index (χ3n) is 3.16. The van der Waals surface area contributed by atoms with Gasteiger partial charge in [-0.25, -0.2) is 0 Å². The molecule has 0 atom stereocenters. The molecule has 0 aliphatic carbocycles. The van der Waals surface area contributed by atoms with Crippen molar-refractivity contribution >= 4 is 23.8 Å². The second-order valence-electron chi connectivity index (χ2n) is 4.75. The Bertz CT molecular complexity index is 649. The van der Waals surface area contributed by atoms with Gasteiger partial charge in [-0.2, -0.15) is 0 Å². The van der Waals surface area contributed by atoms with Crippen LogP contribution in [-0.4, -0.2) is 36.3 Å². The van der Waals surface area contributed by atoms with Gasteiger partial charge in [-0.1, -0.05) is 6.07 Å². The van der Waals surface area contributed by atoms with E-state index in [-0.39, 0.29) is 18.1 Å². The molecular weight excluding hydrogens is 272 g/mol. The minimum Gasteiger partial charge on any atom is -0.496 e. The van der Waals surface area contributed by atoms with Gasteiger partial charge in [-0.15, -0.1) is 0 Å². The minimum atomic E-state index is -0.504. The van der Waals surface area contributed by atoms with Crippen LogP contribution in [0.25, 0.3) is 6.08 Å². The fourth-order valence-corrected chi connectivity index (χ4v) is 2.11. The second-order valence-corrected chi connectivity index (χ2v) is 4.75. The number of piperazine rings is 1. The number of carbonyl (C=O) groups is 3. The lowest BCUT2D eigenvalue weighted by Crippen LogP contribution is -2.51. The molecule has 1 fully saturated rings. The maximum Gasteiger partial charge on any atom is 0.277 e. The summed E-state index contributed by atoms with van der Waals surface area (Å²) in [6.07, 6.45) is 1.54. The molecule has 0 bridgehead atoms. The molecule has 1 aliphatic heterocycles. The number of hydrogen-bond acceptors (Lipinski definition) is 4. The van der Waals surface area contributed by atoms with Crippen molar-refractivity contribution < 1.29 is 19.1 Å². The standard InChI is InChI=1S/C15H16N2O4/c1-9-6-11(4-5-13(9)21-3)7-12-15(20)17(10(2)18)8-14(19)16-12/h4-7H,8H2,1-3H3,(H,16,19). The fourth-order valence-electron chi connectivity index (χ4n) is 2.11. The summed E-state index contributed by atoms with van der Waals surface area (Å²) in [6.45, 7) is 2.89. The van der Waals surface area contributed by atoms with E-state index in [1.807, 2.05) is 13.0 Å². The largest absolute Gasteiger partial charge is 0.496 e. The van der Waals surface area contributed by atoms with Crippen molar-refractivity contribution in [3.63, 3.8) is 0 Å². The van der Waals surface area contributed by atoms with Gasteiger partial charge in [0.2, 0.25) is 11.8 Å². The van der Waals surface area contributed by atoms with Crippen LogP contribution in [0.2, 0.25) is 0 Å². The highest BCUT2D eigenvalue weighted by Crippen LogP contribution is 2.20. The molecule has 1 heterocycles. The lowest BCUT2D eigenvalue weighted by atomic mass is 10.1. The van der Waals surface area contributed by atoms with Crippen LogP contribution in [0.3, 0.4) is 0 Å². The number of aryl methyl sites for hydroxylation is 1. The summed E-state index contributed by atoms with van der Waals surface area (Å²) in [5.74, 6) is -0.606. The van der Waals surface area contributed by atoms with Crippen molar-refractivity contribution in [1.82, 2.24) is 10.2 Å². The van der Waals surface area contributed by atoms with E-state index >= 15 is 0 Å². The number of imide groups is 1. The molecule has 2 rings (SSSR count). The molecule has 21 heavy (non-hydrogen) atoms. The number of nitrogens with zero attached hydrogens (tertiary/aromatic N) is 1. The summed E-state index contributed by atoms with van der Waals surface area (Å²) >= 11 is 0. The first-order valence-electron chi connectivity index (χ1n) is 6.41. The number of nitrogens with one attached hydrogen (secondary N) is 1. The Morgan fingerprint density at radius 2 is 2.10 bits per heavy atom. The SMILES string of the molecule is COc1ccc(C=C2NC(=O)CN(C(C)=O)C2=O)cc1C. The van der Waals surface area contributed by atoms with Gasteiger partial charge in [0.25, 0.3) is 5.91 Å². The molecule has 3 amide bonds. The highest BCUT2D eigenvalue weighted by Gasteiger charge is 2.30. The van der Waals surface area contributed by atoms with E-state index in [2.05, 4.69) is 5.32 Å². The summed E-state index contributed by atoms with van der Waals surface area (Å²) in [7, 11) is 1.58. The number of amides is 3. The molecule has 1 aromatic carbocycles. The maximum atomic E-state index is 12.1. The molecular formula is C15H16N2O4. The van der Waals surface area contributed by atoms with E-state index in [9.17, 15) is 14.4 Å². The van der Waals surface area contributed by atoms with Crippen LogP contribution in [-0.2, 0) is 14.4 Å². The number of ether oxygens (including phenoxy) is 1. The molecule has 0 spiro atoms. The van der Waals surface area contributed by atoms with Gasteiger partial charge >= 0.3 is 0 Å². The van der Waals surface area contributed by atoms with E-state index in [0.717, 1.165) is 21.8 Å². The van der Waals surface area contributed by atoms with Crippen LogP contribution in [0.15, 0.2) is 23.9 Å². The predicted octanol–water partition coefficient (Wildman–Crippen LogP) is 0.849. The third kappa shape index (κ3) is 3.10. The van der Waals surface area contributed by atoms with Crippen LogP contribution in [0.4, 0.5) is 0 Å². The molecule has 1 aliphatic rings. The van der Waals surface area contributed by atoms with Crippen molar-refractivity contribution in [2.24, 2.45) is 0 Å². The zero-order valence-corrected chi connectivity index (χ0v) is 12.1. The van der Waals surface area contributed by atoms with E-state index in [4.69, 9.17) is 4.74 Å². The normalized spacial score (nSPS) is 16.9. The van der Waals surface area contributed by atoms with E-state index < -0.39 is 11.8 Å². The Kier molecular flexibility index (Phi) is 4.07. The van der Waals surface area contributed by atoms with Gasteiger partial charge < -0.3 is 10.1 Å². The van der Waals surface area contributed by atoms with Crippen molar-refractivity contribution in [2.75, 3.05) is 13.7 Å². The lowest BCUT2D eigenvalue weighted by Gasteiger charge is -2.25. The van der Waals surface area contributed by atoms with Crippen LogP contribution < -0.4 is 10.1 Å². The lowest BCUT2D eigenvalue weighted by molar-refractivity contribution is -0.147. The first-order chi connectivity index (χ1) is 9.92. The molecule has 1 N–H and O–H groups in total. The van der Waals surface area contributed by atoms with Crippen LogP contribution >= 0.6 is 0 Å². The van der Waals surface area contributed by atoms with Crippen LogP contribution in [0.1, 0.15) is 18.1 Å². The Balaban J connectivity index is 2.34. The molecule has 0 saturated carbocycles. The van der Waals surface area contributed by atoms with Gasteiger partial charge in [0, 0.05) is 6.92 Å². The smallest absolute Gasteiger partial charge is 0.277 e. The number of rotatable bonds is 2. The van der Waals surface area contributed by atoms with Crippen molar-refractivity contribution in [2.45, 2.75) is 13.8 Å². The van der Waals surface area contributed by atoms with Crippen molar-refractivity contribution in [1.29, 1.82) is 0 Å². The molecule has 1 aromatic rings. The Morgan fingerprint density at radius 1 is 1.38 bits per heavy atom. The summed E-state index contributed by atoms with van der Waals surface area (Å²) in [5.41, 5.74) is 1.73. The zero-order valence-electron chi connectivity index (χ0n) is 12.1. The number of methoxy groups -OCH3 is 1. The van der Waals surface area contributed by atoms with Gasteiger partial charge in [0.15, 0.2) is 0 Å². The van der Waals surface area contributed by atoms with Crippen LogP contribution in [0.5, 0.6) is 5.75 Å². The molecule has 0 unspecified atom stereocenters. The monoisotopic (exact) mass is 288 g/mol. The van der Waals surface area contributed by atoms with E-state index in [1.165, 1.54) is 6.92 Å².